The number of nitro benzene ring substituents is 1. The van der Waals surface area contributed by atoms with Crippen LogP contribution in [0.5, 0.6) is 5.75 Å². The number of halogens is 2. The molecule has 0 aliphatic rings. The van der Waals surface area contributed by atoms with Crippen molar-refractivity contribution >= 4 is 5.69 Å². The summed E-state index contributed by atoms with van der Waals surface area (Å²) in [7, 11) is 0. The van der Waals surface area contributed by atoms with E-state index in [1.807, 2.05) is 0 Å². The maximum absolute atomic E-state index is 12.7. The van der Waals surface area contributed by atoms with Crippen molar-refractivity contribution in [1.82, 2.24) is 0 Å². The van der Waals surface area contributed by atoms with Crippen molar-refractivity contribution in [3.8, 4) is 5.75 Å². The number of rotatable bonds is 4. The molecule has 0 aliphatic carbocycles. The fraction of sp³-hybridized carbons (Fsp3) is 0.250. The van der Waals surface area contributed by atoms with E-state index in [0.717, 1.165) is 0 Å². The molecule has 5 nitrogen and oxygen atoms in total. The quantitative estimate of drug-likeness (QED) is 0.608. The van der Waals surface area contributed by atoms with E-state index >= 15 is 0 Å². The lowest BCUT2D eigenvalue weighted by molar-refractivity contribution is -0.386. The first-order chi connectivity index (χ1) is 7.06. The molecule has 0 unspecified atom stereocenters. The molecule has 0 spiro atoms. The highest BCUT2D eigenvalue weighted by atomic mass is 19.2. The molecule has 0 aromatic heterocycles. The molecule has 0 atom stereocenters. The van der Waals surface area contributed by atoms with Crippen molar-refractivity contribution in [1.29, 1.82) is 0 Å². The van der Waals surface area contributed by atoms with Gasteiger partial charge in [-0.2, -0.15) is 0 Å². The van der Waals surface area contributed by atoms with Gasteiger partial charge in [-0.15, -0.1) is 0 Å². The summed E-state index contributed by atoms with van der Waals surface area (Å²) in [5, 5.41) is 10.5. The van der Waals surface area contributed by atoms with Crippen LogP contribution in [-0.4, -0.2) is 18.1 Å². The van der Waals surface area contributed by atoms with E-state index in [4.69, 9.17) is 10.5 Å². The van der Waals surface area contributed by atoms with E-state index in [-0.39, 0.29) is 18.9 Å². The number of hydrogen-bond donors (Lipinski definition) is 1. The normalized spacial score (nSPS) is 10.1. The highest BCUT2D eigenvalue weighted by Crippen LogP contribution is 2.29. The molecule has 15 heavy (non-hydrogen) atoms. The summed E-state index contributed by atoms with van der Waals surface area (Å²) in [5.74, 6) is -2.82. The van der Waals surface area contributed by atoms with Gasteiger partial charge in [-0.3, -0.25) is 10.1 Å². The molecule has 0 saturated heterocycles. The predicted molar refractivity (Wildman–Crippen MR) is 47.6 cm³/mol. The van der Waals surface area contributed by atoms with Crippen molar-refractivity contribution in [2.45, 2.75) is 0 Å². The van der Waals surface area contributed by atoms with Crippen LogP contribution in [0.15, 0.2) is 12.1 Å². The maximum Gasteiger partial charge on any atom is 0.314 e. The second kappa shape index (κ2) is 4.65. The Hall–Kier alpha value is -1.76. The van der Waals surface area contributed by atoms with Crippen LogP contribution < -0.4 is 10.5 Å². The minimum absolute atomic E-state index is 0.00802. The fourth-order valence-electron chi connectivity index (χ4n) is 0.945. The lowest BCUT2D eigenvalue weighted by Gasteiger charge is -2.05. The Kier molecular flexibility index (Phi) is 3.51. The standard InChI is InChI=1S/C8H8F2N2O3/c9-5-3-7(12(13)14)8(4-6(5)10)15-2-1-11/h3-4H,1-2,11H2. The Balaban J connectivity index is 3.10. The summed E-state index contributed by atoms with van der Waals surface area (Å²) in [6, 6.07) is 1.10. The first-order valence-electron chi connectivity index (χ1n) is 4.02. The molecule has 2 N–H and O–H groups in total. The summed E-state index contributed by atoms with van der Waals surface area (Å²) in [4.78, 5) is 9.60. The van der Waals surface area contributed by atoms with E-state index in [0.29, 0.717) is 12.1 Å². The van der Waals surface area contributed by atoms with Crippen molar-refractivity contribution < 1.29 is 18.4 Å². The minimum Gasteiger partial charge on any atom is -0.485 e. The Morgan fingerprint density at radius 1 is 1.40 bits per heavy atom. The van der Waals surface area contributed by atoms with Crippen molar-refractivity contribution in [3.05, 3.63) is 33.9 Å². The van der Waals surface area contributed by atoms with Crippen LogP contribution in [0.1, 0.15) is 0 Å². The molecule has 1 rings (SSSR count). The number of hydrogen-bond acceptors (Lipinski definition) is 4. The van der Waals surface area contributed by atoms with Gasteiger partial charge < -0.3 is 10.5 Å². The average Bonchev–Trinajstić information content (AvgIpc) is 2.19. The topological polar surface area (TPSA) is 78.4 Å². The zero-order valence-electron chi connectivity index (χ0n) is 7.57. The smallest absolute Gasteiger partial charge is 0.314 e. The van der Waals surface area contributed by atoms with Gasteiger partial charge in [-0.25, -0.2) is 8.78 Å². The summed E-state index contributed by atoms with van der Waals surface area (Å²) in [6.07, 6.45) is 0. The Morgan fingerprint density at radius 2 is 2.00 bits per heavy atom. The molecule has 82 valence electrons. The van der Waals surface area contributed by atoms with Crippen LogP contribution in [0.3, 0.4) is 0 Å². The first-order valence-corrected chi connectivity index (χ1v) is 4.02. The van der Waals surface area contributed by atoms with Crippen molar-refractivity contribution in [3.63, 3.8) is 0 Å². The van der Waals surface area contributed by atoms with Gasteiger partial charge in [0.15, 0.2) is 17.4 Å². The minimum atomic E-state index is -1.29. The molecule has 0 saturated carbocycles. The lowest BCUT2D eigenvalue weighted by atomic mass is 10.3. The third kappa shape index (κ3) is 2.59. The van der Waals surface area contributed by atoms with Gasteiger partial charge in [-0.1, -0.05) is 0 Å². The van der Waals surface area contributed by atoms with Crippen LogP contribution in [0.4, 0.5) is 14.5 Å². The van der Waals surface area contributed by atoms with Crippen LogP contribution in [0.2, 0.25) is 0 Å². The second-order valence-corrected chi connectivity index (χ2v) is 2.63. The Labute approximate surface area is 83.6 Å². The van der Waals surface area contributed by atoms with Crippen molar-refractivity contribution in [2.75, 3.05) is 13.2 Å². The first kappa shape index (κ1) is 11.3. The molecule has 0 fully saturated rings. The molecule has 0 heterocycles. The molecule has 1 aromatic carbocycles. The van der Waals surface area contributed by atoms with Gasteiger partial charge in [0.05, 0.1) is 11.0 Å². The zero-order chi connectivity index (χ0) is 11.4. The number of nitro groups is 1. The monoisotopic (exact) mass is 218 g/mol. The average molecular weight is 218 g/mol. The van der Waals surface area contributed by atoms with Gasteiger partial charge in [0, 0.05) is 12.6 Å². The molecular weight excluding hydrogens is 210 g/mol. The van der Waals surface area contributed by atoms with E-state index in [1.54, 1.807) is 0 Å². The summed E-state index contributed by atoms with van der Waals surface area (Å²) in [6.45, 7) is 0.113. The van der Waals surface area contributed by atoms with Gasteiger partial charge >= 0.3 is 5.69 Å². The van der Waals surface area contributed by atoms with Gasteiger partial charge in [0.1, 0.15) is 6.61 Å². The third-order valence-corrected chi connectivity index (χ3v) is 1.57. The SMILES string of the molecule is NCCOc1cc(F)c(F)cc1[N+](=O)[O-]. The molecular formula is C8H8F2N2O3. The van der Waals surface area contributed by atoms with Gasteiger partial charge in [0.2, 0.25) is 0 Å². The highest BCUT2D eigenvalue weighted by Gasteiger charge is 2.19. The van der Waals surface area contributed by atoms with E-state index in [9.17, 15) is 18.9 Å². The van der Waals surface area contributed by atoms with Crippen molar-refractivity contribution in [2.24, 2.45) is 5.73 Å². The fourth-order valence-corrected chi connectivity index (χ4v) is 0.945. The summed E-state index contributed by atoms with van der Waals surface area (Å²) in [5.41, 5.74) is 4.48. The Morgan fingerprint density at radius 3 is 2.53 bits per heavy atom. The molecule has 0 bridgehead atoms. The molecule has 0 aliphatic heterocycles. The third-order valence-electron chi connectivity index (χ3n) is 1.57. The van der Waals surface area contributed by atoms with Crippen LogP contribution in [0.25, 0.3) is 0 Å². The highest BCUT2D eigenvalue weighted by molar-refractivity contribution is 5.46. The van der Waals surface area contributed by atoms with Gasteiger partial charge in [0.25, 0.3) is 0 Å². The second-order valence-electron chi connectivity index (χ2n) is 2.63. The van der Waals surface area contributed by atoms with Crippen LogP contribution in [0, 0.1) is 21.7 Å². The number of ether oxygens (including phenoxy) is 1. The zero-order valence-corrected chi connectivity index (χ0v) is 7.57. The largest absolute Gasteiger partial charge is 0.485 e. The molecule has 1 aromatic rings. The summed E-state index contributed by atoms with van der Waals surface area (Å²) >= 11 is 0. The number of benzene rings is 1. The molecule has 0 radical (unpaired) electrons. The summed E-state index contributed by atoms with van der Waals surface area (Å²) < 4.78 is 30.2. The lowest BCUT2D eigenvalue weighted by Crippen LogP contribution is -2.11. The van der Waals surface area contributed by atoms with E-state index in [1.165, 1.54) is 0 Å². The maximum atomic E-state index is 12.7. The van der Waals surface area contributed by atoms with Gasteiger partial charge in [-0.05, 0) is 0 Å². The predicted octanol–water partition coefficient (Wildman–Crippen LogP) is 1.21. The van der Waals surface area contributed by atoms with Crippen LogP contribution >= 0.6 is 0 Å². The number of nitrogens with two attached hydrogens (primary N) is 1. The van der Waals surface area contributed by atoms with E-state index < -0.39 is 22.2 Å². The Bertz CT molecular complexity index is 384. The van der Waals surface area contributed by atoms with E-state index in [2.05, 4.69) is 0 Å². The molecule has 7 heteroatoms. The van der Waals surface area contributed by atoms with Crippen LogP contribution in [-0.2, 0) is 0 Å². The number of nitrogens with zero attached hydrogens (tertiary/aromatic N) is 1. The molecule has 0 amide bonds.